The molecular formula is C21H27N5O3. The van der Waals surface area contributed by atoms with Crippen LogP contribution >= 0.6 is 0 Å². The summed E-state index contributed by atoms with van der Waals surface area (Å²) in [7, 11) is 0. The van der Waals surface area contributed by atoms with Gasteiger partial charge in [-0.25, -0.2) is 0 Å². The lowest BCUT2D eigenvalue weighted by molar-refractivity contribution is 0.0514. The fourth-order valence-corrected chi connectivity index (χ4v) is 3.99. The molecule has 2 aliphatic rings. The van der Waals surface area contributed by atoms with Crippen molar-refractivity contribution in [2.75, 3.05) is 31.5 Å². The van der Waals surface area contributed by atoms with E-state index in [1.165, 1.54) is 31.9 Å². The molecule has 1 saturated carbocycles. The van der Waals surface area contributed by atoms with E-state index in [4.69, 9.17) is 4.42 Å². The number of carbonyl (C=O) groups excluding carboxylic acids is 2. The summed E-state index contributed by atoms with van der Waals surface area (Å²) in [5.41, 5.74) is 0.335. The first-order chi connectivity index (χ1) is 14.2. The predicted molar refractivity (Wildman–Crippen MR) is 108 cm³/mol. The average Bonchev–Trinajstić information content (AvgIpc) is 3.19. The standard InChI is InChI=1S/C21H27N5O3/c27-20(25-11-13-26(14-12-25)21(28)18-8-5-15-29-18)17-9-10-19(24-23-17)22-16-6-3-1-2-4-7-16/h5,8-10,15-16H,1-4,6-7,11-14H2,(H,22,24). The molecule has 0 radical (unpaired) electrons. The minimum Gasteiger partial charge on any atom is -0.459 e. The summed E-state index contributed by atoms with van der Waals surface area (Å²) in [5, 5.41) is 11.8. The van der Waals surface area contributed by atoms with Crippen molar-refractivity contribution in [3.8, 4) is 0 Å². The molecule has 29 heavy (non-hydrogen) atoms. The summed E-state index contributed by atoms with van der Waals surface area (Å²) >= 11 is 0. The Balaban J connectivity index is 1.30. The molecule has 0 unspecified atom stereocenters. The molecule has 2 amide bonds. The van der Waals surface area contributed by atoms with Crippen LogP contribution in [-0.4, -0.2) is 64.0 Å². The topological polar surface area (TPSA) is 91.6 Å². The Labute approximate surface area is 170 Å². The van der Waals surface area contributed by atoms with Crippen molar-refractivity contribution in [3.63, 3.8) is 0 Å². The quantitative estimate of drug-likeness (QED) is 0.798. The van der Waals surface area contributed by atoms with Crippen LogP contribution in [0.4, 0.5) is 5.82 Å². The predicted octanol–water partition coefficient (Wildman–Crippen LogP) is 2.80. The van der Waals surface area contributed by atoms with Gasteiger partial charge in [0.05, 0.1) is 6.26 Å². The Morgan fingerprint density at radius 2 is 1.59 bits per heavy atom. The van der Waals surface area contributed by atoms with Crippen LogP contribution in [-0.2, 0) is 0 Å². The molecule has 0 bridgehead atoms. The van der Waals surface area contributed by atoms with Crippen LogP contribution in [0.5, 0.6) is 0 Å². The van der Waals surface area contributed by atoms with E-state index in [0.29, 0.717) is 43.7 Å². The molecule has 1 N–H and O–H groups in total. The molecule has 1 aliphatic carbocycles. The summed E-state index contributed by atoms with van der Waals surface area (Å²) in [6.07, 6.45) is 8.90. The summed E-state index contributed by atoms with van der Waals surface area (Å²) < 4.78 is 5.17. The number of nitrogens with zero attached hydrogens (tertiary/aromatic N) is 4. The fraction of sp³-hybridized carbons (Fsp3) is 0.524. The maximum absolute atomic E-state index is 12.7. The van der Waals surface area contributed by atoms with Crippen molar-refractivity contribution in [1.29, 1.82) is 0 Å². The van der Waals surface area contributed by atoms with Crippen LogP contribution in [0.1, 0.15) is 59.6 Å². The van der Waals surface area contributed by atoms with E-state index < -0.39 is 0 Å². The third-order valence-electron chi connectivity index (χ3n) is 5.68. The monoisotopic (exact) mass is 397 g/mol. The average molecular weight is 397 g/mol. The highest BCUT2D eigenvalue weighted by atomic mass is 16.3. The van der Waals surface area contributed by atoms with Crippen molar-refractivity contribution in [1.82, 2.24) is 20.0 Å². The zero-order valence-corrected chi connectivity index (χ0v) is 16.5. The van der Waals surface area contributed by atoms with Gasteiger partial charge in [0.25, 0.3) is 11.8 Å². The molecule has 2 aromatic rings. The molecular weight excluding hydrogens is 370 g/mol. The molecule has 8 heteroatoms. The highest BCUT2D eigenvalue weighted by Crippen LogP contribution is 2.20. The molecule has 0 spiro atoms. The lowest BCUT2D eigenvalue weighted by atomic mass is 10.1. The SMILES string of the molecule is O=C(c1ccc(NC2CCCCCC2)nn1)N1CCN(C(=O)c2ccco2)CC1. The van der Waals surface area contributed by atoms with Gasteiger partial charge in [0, 0.05) is 32.2 Å². The Bertz CT molecular complexity index is 805. The van der Waals surface area contributed by atoms with Gasteiger partial charge in [-0.15, -0.1) is 10.2 Å². The molecule has 1 aliphatic heterocycles. The first-order valence-corrected chi connectivity index (χ1v) is 10.4. The summed E-state index contributed by atoms with van der Waals surface area (Å²) in [6, 6.07) is 7.35. The number of nitrogens with one attached hydrogen (secondary N) is 1. The first kappa shape index (κ1) is 19.4. The van der Waals surface area contributed by atoms with Crippen molar-refractivity contribution < 1.29 is 14.0 Å². The molecule has 2 aromatic heterocycles. The van der Waals surface area contributed by atoms with Gasteiger partial charge in [-0.1, -0.05) is 25.7 Å². The van der Waals surface area contributed by atoms with E-state index >= 15 is 0 Å². The van der Waals surface area contributed by atoms with Gasteiger partial charge in [-0.05, 0) is 37.1 Å². The van der Waals surface area contributed by atoms with E-state index in [1.54, 1.807) is 28.0 Å². The number of hydrogen-bond acceptors (Lipinski definition) is 6. The normalized spacial score (nSPS) is 18.3. The van der Waals surface area contributed by atoms with Gasteiger partial charge >= 0.3 is 0 Å². The van der Waals surface area contributed by atoms with E-state index in [-0.39, 0.29) is 11.8 Å². The van der Waals surface area contributed by atoms with Crippen molar-refractivity contribution in [2.45, 2.75) is 44.6 Å². The van der Waals surface area contributed by atoms with Gasteiger partial charge in [-0.2, -0.15) is 0 Å². The molecule has 0 atom stereocenters. The highest BCUT2D eigenvalue weighted by Gasteiger charge is 2.27. The van der Waals surface area contributed by atoms with Crippen LogP contribution in [0.15, 0.2) is 34.9 Å². The zero-order valence-electron chi connectivity index (χ0n) is 16.5. The maximum Gasteiger partial charge on any atom is 0.289 e. The minimum atomic E-state index is -0.149. The Morgan fingerprint density at radius 3 is 2.17 bits per heavy atom. The minimum absolute atomic E-state index is 0.143. The number of piperazine rings is 1. The Morgan fingerprint density at radius 1 is 0.897 bits per heavy atom. The highest BCUT2D eigenvalue weighted by molar-refractivity contribution is 5.93. The number of hydrogen-bond donors (Lipinski definition) is 1. The van der Waals surface area contributed by atoms with Crippen LogP contribution in [0, 0.1) is 0 Å². The van der Waals surface area contributed by atoms with Crippen LogP contribution in [0.2, 0.25) is 0 Å². The smallest absolute Gasteiger partial charge is 0.289 e. The number of carbonyl (C=O) groups is 2. The number of rotatable bonds is 4. The summed E-state index contributed by atoms with van der Waals surface area (Å²) in [5.74, 6) is 0.758. The largest absolute Gasteiger partial charge is 0.459 e. The lowest BCUT2D eigenvalue weighted by Crippen LogP contribution is -2.50. The number of aromatic nitrogens is 2. The van der Waals surface area contributed by atoms with E-state index in [1.807, 2.05) is 6.07 Å². The van der Waals surface area contributed by atoms with Gasteiger partial charge in [-0.3, -0.25) is 9.59 Å². The molecule has 1 saturated heterocycles. The van der Waals surface area contributed by atoms with Crippen LogP contribution < -0.4 is 5.32 Å². The van der Waals surface area contributed by atoms with Gasteiger partial charge in [0.15, 0.2) is 11.5 Å². The third-order valence-corrected chi connectivity index (χ3v) is 5.68. The van der Waals surface area contributed by atoms with Crippen molar-refractivity contribution >= 4 is 17.6 Å². The van der Waals surface area contributed by atoms with E-state index in [9.17, 15) is 9.59 Å². The number of anilines is 1. The van der Waals surface area contributed by atoms with Crippen molar-refractivity contribution in [3.05, 3.63) is 42.0 Å². The number of amides is 2. The van der Waals surface area contributed by atoms with E-state index in [2.05, 4.69) is 15.5 Å². The second-order valence-electron chi connectivity index (χ2n) is 7.70. The molecule has 3 heterocycles. The molecule has 4 rings (SSSR count). The maximum atomic E-state index is 12.7. The van der Waals surface area contributed by atoms with Gasteiger partial charge < -0.3 is 19.5 Å². The first-order valence-electron chi connectivity index (χ1n) is 10.4. The molecule has 8 nitrogen and oxygen atoms in total. The second-order valence-corrected chi connectivity index (χ2v) is 7.70. The Kier molecular flexibility index (Phi) is 6.07. The molecule has 2 fully saturated rings. The zero-order chi connectivity index (χ0) is 20.1. The van der Waals surface area contributed by atoms with Gasteiger partial charge in [0.1, 0.15) is 5.82 Å². The second kappa shape index (κ2) is 9.07. The summed E-state index contributed by atoms with van der Waals surface area (Å²) in [6.45, 7) is 1.88. The summed E-state index contributed by atoms with van der Waals surface area (Å²) in [4.78, 5) is 28.5. The van der Waals surface area contributed by atoms with Crippen LogP contribution in [0.25, 0.3) is 0 Å². The molecule has 0 aromatic carbocycles. The Hall–Kier alpha value is -2.90. The third kappa shape index (κ3) is 4.75. The van der Waals surface area contributed by atoms with Crippen LogP contribution in [0.3, 0.4) is 0 Å². The van der Waals surface area contributed by atoms with Gasteiger partial charge in [0.2, 0.25) is 0 Å². The molecule has 154 valence electrons. The number of furan rings is 1. The fourth-order valence-electron chi connectivity index (χ4n) is 3.99. The van der Waals surface area contributed by atoms with E-state index in [0.717, 1.165) is 18.7 Å². The lowest BCUT2D eigenvalue weighted by Gasteiger charge is -2.34. The van der Waals surface area contributed by atoms with Crippen molar-refractivity contribution in [2.24, 2.45) is 0 Å².